The lowest BCUT2D eigenvalue weighted by Gasteiger charge is -2.21. The fourth-order valence-corrected chi connectivity index (χ4v) is 3.67. The maximum absolute atomic E-state index is 10.5. The molecule has 0 spiro atoms. The lowest BCUT2D eigenvalue weighted by molar-refractivity contribution is -0.137. The van der Waals surface area contributed by atoms with Gasteiger partial charge in [-0.25, -0.2) is 5.48 Å². The molecule has 1 saturated carbocycles. The molecule has 2 unspecified atom stereocenters. The summed E-state index contributed by atoms with van der Waals surface area (Å²) in [6.07, 6.45) is 11.5. The number of aliphatic hydroxyl groups excluding tert-OH is 2. The highest BCUT2D eigenvalue weighted by Gasteiger charge is 2.40. The van der Waals surface area contributed by atoms with Gasteiger partial charge in [0.2, 0.25) is 0 Å². The molecular formula is C21H37NO6. The Morgan fingerprint density at radius 1 is 1.29 bits per heavy atom. The Hall–Kier alpha value is -1.25. The number of aliphatic carboxylic acids is 1. The van der Waals surface area contributed by atoms with Crippen LogP contribution in [0.5, 0.6) is 0 Å². The van der Waals surface area contributed by atoms with Crippen LogP contribution in [0.2, 0.25) is 0 Å². The molecule has 0 aromatic rings. The first-order valence-electron chi connectivity index (χ1n) is 10.4. The lowest BCUT2D eigenvalue weighted by Crippen LogP contribution is -2.30. The van der Waals surface area contributed by atoms with Crippen LogP contribution in [0.1, 0.15) is 58.3 Å². The number of hydrogen-bond donors (Lipinski definition) is 5. The Morgan fingerprint density at radius 3 is 2.75 bits per heavy atom. The molecule has 7 heteroatoms. The first-order chi connectivity index (χ1) is 13.5. The van der Waals surface area contributed by atoms with Gasteiger partial charge in [-0.05, 0) is 57.8 Å². The van der Waals surface area contributed by atoms with Crippen molar-refractivity contribution in [1.29, 1.82) is 0 Å². The van der Waals surface area contributed by atoms with Gasteiger partial charge in [-0.2, -0.15) is 0 Å². The Balaban J connectivity index is 2.49. The second-order valence-electron chi connectivity index (χ2n) is 7.42. The van der Waals surface area contributed by atoms with Gasteiger partial charge in [-0.15, -0.1) is 0 Å². The predicted octanol–water partition coefficient (Wildman–Crippen LogP) is 2.66. The lowest BCUT2D eigenvalue weighted by atomic mass is 9.89. The molecule has 1 rings (SSSR count). The summed E-state index contributed by atoms with van der Waals surface area (Å²) < 4.78 is 5.29. The number of carbonyl (C=O) groups is 1. The number of unbranched alkanes of at least 4 members (excludes halogenated alkanes) is 2. The Bertz CT molecular complexity index is 482. The highest BCUT2D eigenvalue weighted by atomic mass is 16.5. The number of aliphatic hydroxyl groups is 2. The Kier molecular flexibility index (Phi) is 13.0. The van der Waals surface area contributed by atoms with Gasteiger partial charge in [0.1, 0.15) is 0 Å². The summed E-state index contributed by atoms with van der Waals surface area (Å²) in [5, 5.41) is 38.6. The third-order valence-corrected chi connectivity index (χ3v) is 5.25. The van der Waals surface area contributed by atoms with Gasteiger partial charge in [0.15, 0.2) is 0 Å². The zero-order chi connectivity index (χ0) is 20.8. The number of hydroxylamine groups is 1. The summed E-state index contributed by atoms with van der Waals surface area (Å²) in [5.74, 6) is -0.929. The molecule has 5 N–H and O–H groups in total. The average Bonchev–Trinajstić information content (AvgIpc) is 2.97. The first kappa shape index (κ1) is 24.8. The molecule has 0 aliphatic heterocycles. The molecule has 0 heterocycles. The van der Waals surface area contributed by atoms with E-state index in [1.807, 2.05) is 25.2 Å². The van der Waals surface area contributed by atoms with E-state index in [9.17, 15) is 20.2 Å². The Morgan fingerprint density at radius 2 is 2.07 bits per heavy atom. The van der Waals surface area contributed by atoms with Crippen LogP contribution in [-0.4, -0.2) is 58.0 Å². The second-order valence-corrected chi connectivity index (χ2v) is 7.42. The van der Waals surface area contributed by atoms with Crippen molar-refractivity contribution in [2.75, 3.05) is 13.2 Å². The van der Waals surface area contributed by atoms with Gasteiger partial charge < -0.3 is 25.3 Å². The van der Waals surface area contributed by atoms with Crippen molar-refractivity contribution >= 4 is 5.97 Å². The van der Waals surface area contributed by atoms with E-state index in [1.54, 1.807) is 6.08 Å². The summed E-state index contributed by atoms with van der Waals surface area (Å²) in [5.41, 5.74) is 2.29. The topological polar surface area (TPSA) is 119 Å². The van der Waals surface area contributed by atoms with E-state index in [2.05, 4.69) is 5.48 Å². The molecule has 162 valence electrons. The quantitative estimate of drug-likeness (QED) is 0.163. The fourth-order valence-electron chi connectivity index (χ4n) is 3.67. The van der Waals surface area contributed by atoms with Crippen LogP contribution in [-0.2, 0) is 9.53 Å². The summed E-state index contributed by atoms with van der Waals surface area (Å²) in [4.78, 5) is 10.5. The number of carboxylic acids is 1. The van der Waals surface area contributed by atoms with E-state index in [-0.39, 0.29) is 24.3 Å². The van der Waals surface area contributed by atoms with Crippen molar-refractivity contribution < 1.29 is 30.1 Å². The molecule has 0 saturated heterocycles. The largest absolute Gasteiger partial charge is 0.481 e. The van der Waals surface area contributed by atoms with E-state index in [4.69, 9.17) is 9.84 Å². The summed E-state index contributed by atoms with van der Waals surface area (Å²) in [7, 11) is 0. The van der Waals surface area contributed by atoms with Crippen molar-refractivity contribution in [1.82, 2.24) is 5.48 Å². The number of allylic oxidation sites excluding steroid dienone is 2. The molecule has 0 bridgehead atoms. The molecule has 0 radical (unpaired) electrons. The maximum atomic E-state index is 10.5. The van der Waals surface area contributed by atoms with Gasteiger partial charge in [0.25, 0.3) is 0 Å². The average molecular weight is 400 g/mol. The molecule has 7 nitrogen and oxygen atoms in total. The molecular weight excluding hydrogens is 362 g/mol. The third-order valence-electron chi connectivity index (χ3n) is 5.25. The van der Waals surface area contributed by atoms with Gasteiger partial charge in [0, 0.05) is 31.6 Å². The second kappa shape index (κ2) is 14.7. The minimum atomic E-state index is -0.793. The van der Waals surface area contributed by atoms with Crippen LogP contribution in [0.25, 0.3) is 0 Å². The van der Waals surface area contributed by atoms with Crippen LogP contribution in [0.15, 0.2) is 24.3 Å². The van der Waals surface area contributed by atoms with Crippen molar-refractivity contribution in [3.8, 4) is 0 Å². The van der Waals surface area contributed by atoms with E-state index < -0.39 is 18.2 Å². The molecule has 0 aromatic heterocycles. The van der Waals surface area contributed by atoms with Crippen molar-refractivity contribution in [3.05, 3.63) is 24.3 Å². The number of rotatable bonds is 15. The molecule has 0 aromatic carbocycles. The molecule has 1 aliphatic carbocycles. The minimum absolute atomic E-state index is 0.0539. The smallest absolute Gasteiger partial charge is 0.303 e. The monoisotopic (exact) mass is 399 g/mol. The van der Waals surface area contributed by atoms with Crippen molar-refractivity contribution in [2.45, 2.75) is 76.5 Å². The normalized spacial score (nSPS) is 26.4. The highest BCUT2D eigenvalue weighted by Crippen LogP contribution is 2.36. The van der Waals surface area contributed by atoms with Crippen LogP contribution < -0.4 is 5.48 Å². The zero-order valence-corrected chi connectivity index (χ0v) is 16.9. The molecule has 0 amide bonds. The molecule has 28 heavy (non-hydrogen) atoms. The van der Waals surface area contributed by atoms with Crippen molar-refractivity contribution in [3.63, 3.8) is 0 Å². The standard InChI is InChI=1S/C21H37NO6/c1-2-28-14-8-7-9-16(23)12-13-17-18(20(24)15-19(17)22-27)10-5-3-4-6-11-21(25)26/h3,5,12-13,16-20,22-24,27H,2,4,6-11,14-15H2,1H3,(H,25,26)/t16-,17+,18?,19?,20-/m0/s1. The van der Waals surface area contributed by atoms with Gasteiger partial charge >= 0.3 is 5.97 Å². The summed E-state index contributed by atoms with van der Waals surface area (Å²) in [6, 6.07) is -0.248. The number of ether oxygens (including phenoxy) is 1. The van der Waals surface area contributed by atoms with Crippen LogP contribution in [0.4, 0.5) is 0 Å². The maximum Gasteiger partial charge on any atom is 0.303 e. The van der Waals surface area contributed by atoms with E-state index in [1.165, 1.54) is 0 Å². The predicted molar refractivity (Wildman–Crippen MR) is 107 cm³/mol. The van der Waals surface area contributed by atoms with Crippen LogP contribution in [0.3, 0.4) is 0 Å². The minimum Gasteiger partial charge on any atom is -0.481 e. The first-order valence-corrected chi connectivity index (χ1v) is 10.4. The molecule has 1 fully saturated rings. The molecule has 1 aliphatic rings. The van der Waals surface area contributed by atoms with Crippen LogP contribution >= 0.6 is 0 Å². The van der Waals surface area contributed by atoms with Crippen LogP contribution in [0, 0.1) is 11.8 Å². The molecule has 5 atom stereocenters. The van der Waals surface area contributed by atoms with E-state index >= 15 is 0 Å². The van der Waals surface area contributed by atoms with Gasteiger partial charge in [-0.1, -0.05) is 24.3 Å². The summed E-state index contributed by atoms with van der Waals surface area (Å²) >= 11 is 0. The van der Waals surface area contributed by atoms with Crippen molar-refractivity contribution in [2.24, 2.45) is 11.8 Å². The highest BCUT2D eigenvalue weighted by molar-refractivity contribution is 5.66. The number of hydrogen-bond acceptors (Lipinski definition) is 6. The number of nitrogens with one attached hydrogen (secondary N) is 1. The summed E-state index contributed by atoms with van der Waals surface area (Å²) in [6.45, 7) is 3.37. The van der Waals surface area contributed by atoms with Gasteiger partial charge in [0.05, 0.1) is 12.2 Å². The van der Waals surface area contributed by atoms with E-state index in [0.717, 1.165) is 12.8 Å². The SMILES string of the molecule is CCOCCCC[C@H](O)C=C[C@H]1C(NO)C[C@H](O)C1CC=CCCCC(=O)O. The third kappa shape index (κ3) is 9.80. The zero-order valence-electron chi connectivity index (χ0n) is 16.9. The van der Waals surface area contributed by atoms with Gasteiger partial charge in [-0.3, -0.25) is 4.79 Å². The van der Waals surface area contributed by atoms with E-state index in [0.29, 0.717) is 45.3 Å². The number of carboxylic acid groups (broad SMARTS) is 1. The Labute approximate surface area is 168 Å². The fraction of sp³-hybridized carbons (Fsp3) is 0.762.